The zero-order valence-electron chi connectivity index (χ0n) is 18.1. The highest BCUT2D eigenvalue weighted by molar-refractivity contribution is 5.90. The van der Waals surface area contributed by atoms with E-state index in [4.69, 9.17) is 14.0 Å². The number of aromatic nitrogens is 3. The van der Waals surface area contributed by atoms with Crippen molar-refractivity contribution >= 4 is 11.6 Å². The fraction of sp³-hybridized carbons (Fsp3) is 0.167. The standard InChI is InChI=1S/C24H22N4O5/c1-3-32-20-11-7-18(8-12-20)25-21(29)15-28-14-17(6-13-22(28)30)24-26-23(27-33-24)16-4-9-19(31-2)10-5-16/h4-14H,3,15H2,1-2H3,(H,25,29). The Labute approximate surface area is 189 Å². The van der Waals surface area contributed by atoms with Crippen molar-refractivity contribution in [2.45, 2.75) is 13.5 Å². The van der Waals surface area contributed by atoms with Gasteiger partial charge in [0.25, 0.3) is 11.4 Å². The van der Waals surface area contributed by atoms with Gasteiger partial charge in [-0.05, 0) is 61.5 Å². The van der Waals surface area contributed by atoms with Crippen LogP contribution in [0.3, 0.4) is 0 Å². The average Bonchev–Trinajstić information content (AvgIpc) is 3.32. The van der Waals surface area contributed by atoms with Crippen molar-refractivity contribution in [1.29, 1.82) is 0 Å². The van der Waals surface area contributed by atoms with Crippen LogP contribution in [0.25, 0.3) is 22.8 Å². The molecule has 9 nitrogen and oxygen atoms in total. The van der Waals surface area contributed by atoms with Crippen molar-refractivity contribution < 1.29 is 18.8 Å². The maximum absolute atomic E-state index is 12.5. The van der Waals surface area contributed by atoms with Gasteiger partial charge in [0.1, 0.15) is 18.0 Å². The molecule has 0 aliphatic carbocycles. The van der Waals surface area contributed by atoms with Crippen LogP contribution in [0.1, 0.15) is 6.92 Å². The first-order valence-electron chi connectivity index (χ1n) is 10.3. The van der Waals surface area contributed by atoms with Crippen LogP contribution in [-0.4, -0.2) is 34.3 Å². The molecule has 0 saturated carbocycles. The van der Waals surface area contributed by atoms with Gasteiger partial charge in [-0.1, -0.05) is 5.16 Å². The van der Waals surface area contributed by atoms with Crippen molar-refractivity contribution in [3.8, 4) is 34.3 Å². The Kier molecular flexibility index (Phi) is 6.49. The second kappa shape index (κ2) is 9.82. The molecule has 1 amide bonds. The second-order valence-electron chi connectivity index (χ2n) is 7.04. The van der Waals surface area contributed by atoms with Gasteiger partial charge in [0.15, 0.2) is 0 Å². The summed E-state index contributed by atoms with van der Waals surface area (Å²) in [4.78, 5) is 29.2. The van der Waals surface area contributed by atoms with Gasteiger partial charge >= 0.3 is 0 Å². The molecule has 2 aromatic carbocycles. The molecular weight excluding hydrogens is 424 g/mol. The highest BCUT2D eigenvalue weighted by Crippen LogP contribution is 2.23. The van der Waals surface area contributed by atoms with Crippen molar-refractivity contribution in [2.75, 3.05) is 19.0 Å². The van der Waals surface area contributed by atoms with Gasteiger partial charge in [0, 0.05) is 23.5 Å². The summed E-state index contributed by atoms with van der Waals surface area (Å²) in [6, 6.07) is 17.2. The number of benzene rings is 2. The third kappa shape index (κ3) is 5.27. The minimum atomic E-state index is -0.345. The largest absolute Gasteiger partial charge is 0.497 e. The molecule has 0 radical (unpaired) electrons. The lowest BCUT2D eigenvalue weighted by Gasteiger charge is -2.09. The summed E-state index contributed by atoms with van der Waals surface area (Å²) >= 11 is 0. The number of anilines is 1. The third-order valence-electron chi connectivity index (χ3n) is 4.77. The maximum atomic E-state index is 12.5. The van der Waals surface area contributed by atoms with E-state index in [1.54, 1.807) is 49.6 Å². The minimum Gasteiger partial charge on any atom is -0.497 e. The summed E-state index contributed by atoms with van der Waals surface area (Å²) in [5, 5.41) is 6.77. The van der Waals surface area contributed by atoms with Gasteiger partial charge in [-0.3, -0.25) is 9.59 Å². The summed E-state index contributed by atoms with van der Waals surface area (Å²) in [6.45, 7) is 2.29. The number of rotatable bonds is 8. The number of amides is 1. The molecule has 4 aromatic rings. The molecule has 33 heavy (non-hydrogen) atoms. The monoisotopic (exact) mass is 446 g/mol. The number of carbonyl (C=O) groups is 1. The van der Waals surface area contributed by atoms with E-state index in [-0.39, 0.29) is 23.9 Å². The molecule has 9 heteroatoms. The molecule has 0 bridgehead atoms. The maximum Gasteiger partial charge on any atom is 0.259 e. The smallest absolute Gasteiger partial charge is 0.259 e. The number of nitrogens with zero attached hydrogens (tertiary/aromatic N) is 3. The first-order valence-corrected chi connectivity index (χ1v) is 10.3. The first-order chi connectivity index (χ1) is 16.1. The van der Waals surface area contributed by atoms with Gasteiger partial charge < -0.3 is 23.9 Å². The molecule has 0 unspecified atom stereocenters. The number of carbonyl (C=O) groups excluding carboxylic acids is 1. The van der Waals surface area contributed by atoms with Crippen LogP contribution >= 0.6 is 0 Å². The molecule has 2 aromatic heterocycles. The topological polar surface area (TPSA) is 108 Å². The van der Waals surface area contributed by atoms with E-state index in [1.165, 1.54) is 16.8 Å². The Morgan fingerprint density at radius 2 is 1.70 bits per heavy atom. The predicted octanol–water partition coefficient (Wildman–Crippen LogP) is 3.61. The highest BCUT2D eigenvalue weighted by atomic mass is 16.5. The summed E-state index contributed by atoms with van der Waals surface area (Å²) in [5.74, 6) is 1.73. The summed E-state index contributed by atoms with van der Waals surface area (Å²) in [5.41, 5.74) is 1.56. The average molecular weight is 446 g/mol. The second-order valence-corrected chi connectivity index (χ2v) is 7.04. The van der Waals surface area contributed by atoms with Crippen molar-refractivity contribution in [1.82, 2.24) is 14.7 Å². The number of hydrogen-bond acceptors (Lipinski definition) is 7. The number of methoxy groups -OCH3 is 1. The van der Waals surface area contributed by atoms with Gasteiger partial charge in [-0.25, -0.2) is 0 Å². The van der Waals surface area contributed by atoms with Gasteiger partial charge in [-0.2, -0.15) is 4.98 Å². The summed E-state index contributed by atoms with van der Waals surface area (Å²) < 4.78 is 17.2. The zero-order chi connectivity index (χ0) is 23.2. The van der Waals surface area contributed by atoms with Crippen molar-refractivity contribution in [2.24, 2.45) is 0 Å². The summed E-state index contributed by atoms with van der Waals surface area (Å²) in [6.07, 6.45) is 1.52. The van der Waals surface area contributed by atoms with E-state index >= 15 is 0 Å². The number of nitrogens with one attached hydrogen (secondary N) is 1. The van der Waals surface area contributed by atoms with Gasteiger partial charge in [-0.15, -0.1) is 0 Å². The molecule has 0 aliphatic heterocycles. The van der Waals surface area contributed by atoms with Crippen molar-refractivity contribution in [3.05, 3.63) is 77.2 Å². The molecule has 0 saturated heterocycles. The predicted molar refractivity (Wildman–Crippen MR) is 122 cm³/mol. The Balaban J connectivity index is 1.48. The Hall–Kier alpha value is -4.40. The minimum absolute atomic E-state index is 0.167. The van der Waals surface area contributed by atoms with Crippen LogP contribution in [0.2, 0.25) is 0 Å². The molecule has 0 aliphatic rings. The van der Waals surface area contributed by atoms with E-state index in [1.807, 2.05) is 19.1 Å². The van der Waals surface area contributed by atoms with E-state index in [2.05, 4.69) is 15.5 Å². The molecule has 0 spiro atoms. The fourth-order valence-electron chi connectivity index (χ4n) is 3.14. The Morgan fingerprint density at radius 3 is 2.39 bits per heavy atom. The quantitative estimate of drug-likeness (QED) is 0.440. The van der Waals surface area contributed by atoms with Crippen LogP contribution in [0.5, 0.6) is 11.5 Å². The highest BCUT2D eigenvalue weighted by Gasteiger charge is 2.13. The lowest BCUT2D eigenvalue weighted by molar-refractivity contribution is -0.116. The van der Waals surface area contributed by atoms with Gasteiger partial charge in [0.2, 0.25) is 11.7 Å². The molecule has 168 valence electrons. The Bertz CT molecular complexity index is 1290. The third-order valence-corrected chi connectivity index (χ3v) is 4.77. The molecule has 4 rings (SSSR count). The molecular formula is C24H22N4O5. The van der Waals surface area contributed by atoms with Crippen LogP contribution in [0.4, 0.5) is 5.69 Å². The van der Waals surface area contributed by atoms with Crippen LogP contribution in [0.15, 0.2) is 76.2 Å². The number of hydrogen-bond donors (Lipinski definition) is 1. The molecule has 2 heterocycles. The molecule has 1 N–H and O–H groups in total. The van der Waals surface area contributed by atoms with E-state index in [0.29, 0.717) is 29.4 Å². The normalized spacial score (nSPS) is 10.6. The van der Waals surface area contributed by atoms with E-state index < -0.39 is 0 Å². The number of pyridine rings is 1. The SMILES string of the molecule is CCOc1ccc(NC(=O)Cn2cc(-c3nc(-c4ccc(OC)cc4)no3)ccc2=O)cc1. The van der Waals surface area contributed by atoms with Crippen LogP contribution < -0.4 is 20.3 Å². The van der Waals surface area contributed by atoms with Crippen molar-refractivity contribution in [3.63, 3.8) is 0 Å². The van der Waals surface area contributed by atoms with Crippen LogP contribution in [-0.2, 0) is 11.3 Å². The molecule has 0 atom stereocenters. The lowest BCUT2D eigenvalue weighted by atomic mass is 10.2. The van der Waals surface area contributed by atoms with E-state index in [9.17, 15) is 9.59 Å². The van der Waals surface area contributed by atoms with Crippen LogP contribution in [0, 0.1) is 0 Å². The fourth-order valence-corrected chi connectivity index (χ4v) is 3.14. The van der Waals surface area contributed by atoms with Gasteiger partial charge in [0.05, 0.1) is 19.3 Å². The summed E-state index contributed by atoms with van der Waals surface area (Å²) in [7, 11) is 1.59. The van der Waals surface area contributed by atoms with E-state index in [0.717, 1.165) is 11.3 Å². The zero-order valence-corrected chi connectivity index (χ0v) is 18.1. The Morgan fingerprint density at radius 1 is 1.00 bits per heavy atom. The molecule has 0 fully saturated rings. The number of ether oxygens (including phenoxy) is 2. The first kappa shape index (κ1) is 21.8. The lowest BCUT2D eigenvalue weighted by Crippen LogP contribution is -2.26.